The Balaban J connectivity index is 0.000000151. The van der Waals surface area contributed by atoms with Crippen molar-refractivity contribution >= 4 is 11.9 Å². The summed E-state index contributed by atoms with van der Waals surface area (Å²) in [5.41, 5.74) is 1.66. The van der Waals surface area contributed by atoms with Crippen molar-refractivity contribution in [3.05, 3.63) is 11.6 Å². The van der Waals surface area contributed by atoms with E-state index in [1.54, 1.807) is 5.57 Å². The smallest absolute Gasteiger partial charge is 0.343 e. The first-order valence-corrected chi connectivity index (χ1v) is 5.11. The third-order valence-corrected chi connectivity index (χ3v) is 1.95. The fourth-order valence-corrected chi connectivity index (χ4v) is 1.17. The summed E-state index contributed by atoms with van der Waals surface area (Å²) in [6, 6.07) is 0. The predicted octanol–water partition coefficient (Wildman–Crippen LogP) is 1.18. The maximum absolute atomic E-state index is 10.1. The van der Waals surface area contributed by atoms with Crippen LogP contribution in [0.5, 0.6) is 0 Å². The number of allylic oxidation sites excluding steroid dienone is 2. The van der Waals surface area contributed by atoms with Gasteiger partial charge in [-0.2, -0.15) is 0 Å². The van der Waals surface area contributed by atoms with E-state index in [2.05, 4.69) is 24.7 Å². The third kappa shape index (κ3) is 4.74. The molecule has 2 fully saturated rings. The number of carbonyl (C=O) groups excluding carboxylic acids is 2. The Morgan fingerprint density at radius 1 is 1.40 bits per heavy atom. The van der Waals surface area contributed by atoms with Crippen molar-refractivity contribution in [2.24, 2.45) is 5.92 Å². The van der Waals surface area contributed by atoms with Crippen molar-refractivity contribution in [2.75, 3.05) is 0 Å². The topological polar surface area (TPSA) is 63.6 Å². The van der Waals surface area contributed by atoms with Gasteiger partial charge >= 0.3 is 11.9 Å². The van der Waals surface area contributed by atoms with E-state index in [0.29, 0.717) is 0 Å². The highest BCUT2D eigenvalue weighted by Crippen LogP contribution is 2.28. The molecule has 0 aromatic heterocycles. The molecule has 1 unspecified atom stereocenters. The van der Waals surface area contributed by atoms with Gasteiger partial charge in [0.15, 0.2) is 6.10 Å². The first-order valence-electron chi connectivity index (χ1n) is 5.11. The molecule has 4 nitrogen and oxygen atoms in total. The van der Waals surface area contributed by atoms with E-state index >= 15 is 0 Å². The minimum atomic E-state index is -1.22. The van der Waals surface area contributed by atoms with E-state index in [1.165, 1.54) is 12.8 Å². The Hall–Kier alpha value is -1.16. The van der Waals surface area contributed by atoms with E-state index < -0.39 is 18.0 Å². The fourth-order valence-electron chi connectivity index (χ4n) is 1.17. The molecule has 2 aliphatic rings. The standard InChI is InChI=1S/C7H12.C4H4O4/c1-6(2)5-7-3-4-7;5-2-1-3(6)8-4(2)7/h5-6H,3-4H2,1-2H3;2,5H,1H2. The molecule has 1 aliphatic carbocycles. The first-order chi connectivity index (χ1) is 6.99. The normalized spacial score (nSPS) is 23.5. The van der Waals surface area contributed by atoms with Gasteiger partial charge < -0.3 is 9.84 Å². The lowest BCUT2D eigenvalue weighted by Gasteiger charge is -1.88. The molecule has 1 saturated heterocycles. The number of rotatable bonds is 1. The zero-order chi connectivity index (χ0) is 11.4. The van der Waals surface area contributed by atoms with Crippen LogP contribution in [0.2, 0.25) is 0 Å². The van der Waals surface area contributed by atoms with Crippen molar-refractivity contribution < 1.29 is 19.4 Å². The van der Waals surface area contributed by atoms with Crippen LogP contribution in [0.1, 0.15) is 33.1 Å². The molecule has 4 heteroatoms. The average Bonchev–Trinajstić information content (AvgIpc) is 2.82. The molecule has 1 atom stereocenters. The fraction of sp³-hybridized carbons (Fsp3) is 0.636. The molecule has 2 rings (SSSR count). The van der Waals surface area contributed by atoms with Gasteiger partial charge in [-0.15, -0.1) is 0 Å². The number of ether oxygens (including phenoxy) is 1. The van der Waals surface area contributed by atoms with Crippen LogP contribution in [-0.2, 0) is 14.3 Å². The van der Waals surface area contributed by atoms with Crippen LogP contribution < -0.4 is 0 Å². The van der Waals surface area contributed by atoms with Gasteiger partial charge in [0.1, 0.15) is 0 Å². The van der Waals surface area contributed by atoms with Crippen molar-refractivity contribution in [3.63, 3.8) is 0 Å². The number of hydrogen-bond acceptors (Lipinski definition) is 4. The molecule has 0 aromatic carbocycles. The van der Waals surface area contributed by atoms with E-state index in [1.807, 2.05) is 0 Å². The molecular formula is C11H16O4. The Morgan fingerprint density at radius 2 is 2.00 bits per heavy atom. The van der Waals surface area contributed by atoms with Gasteiger partial charge in [0.25, 0.3) is 0 Å². The van der Waals surface area contributed by atoms with Crippen LogP contribution in [0, 0.1) is 5.92 Å². The summed E-state index contributed by atoms with van der Waals surface area (Å²) in [5.74, 6) is -0.713. The largest absolute Gasteiger partial charge is 0.391 e. The lowest BCUT2D eigenvalue weighted by Crippen LogP contribution is -2.11. The number of aliphatic hydroxyl groups is 1. The molecule has 0 aromatic rings. The molecule has 1 saturated carbocycles. The lowest BCUT2D eigenvalue weighted by molar-refractivity contribution is -0.154. The molecule has 0 radical (unpaired) electrons. The van der Waals surface area contributed by atoms with Gasteiger partial charge in [-0.1, -0.05) is 25.5 Å². The van der Waals surface area contributed by atoms with Gasteiger partial charge in [0.05, 0.1) is 6.42 Å². The first kappa shape index (κ1) is 11.9. The van der Waals surface area contributed by atoms with Crippen LogP contribution in [0.4, 0.5) is 0 Å². The van der Waals surface area contributed by atoms with E-state index in [0.717, 1.165) is 5.92 Å². The summed E-state index contributed by atoms with van der Waals surface area (Å²) in [6.07, 6.45) is 3.69. The maximum atomic E-state index is 10.1. The maximum Gasteiger partial charge on any atom is 0.343 e. The molecule has 1 N–H and O–H groups in total. The van der Waals surface area contributed by atoms with Gasteiger partial charge in [-0.25, -0.2) is 4.79 Å². The predicted molar refractivity (Wildman–Crippen MR) is 53.9 cm³/mol. The van der Waals surface area contributed by atoms with Crippen molar-refractivity contribution in [2.45, 2.75) is 39.2 Å². The summed E-state index contributed by atoms with van der Waals surface area (Å²) in [4.78, 5) is 20.2. The monoisotopic (exact) mass is 212 g/mol. The highest BCUT2D eigenvalue weighted by atomic mass is 16.6. The number of esters is 2. The van der Waals surface area contributed by atoms with Crippen LogP contribution in [0.25, 0.3) is 0 Å². The summed E-state index contributed by atoms with van der Waals surface area (Å²) >= 11 is 0. The molecule has 1 heterocycles. The zero-order valence-electron chi connectivity index (χ0n) is 9.03. The average molecular weight is 212 g/mol. The minimum absolute atomic E-state index is 0.196. The Kier molecular flexibility index (Phi) is 4.03. The number of cyclic esters (lactones) is 2. The Morgan fingerprint density at radius 3 is 2.13 bits per heavy atom. The van der Waals surface area contributed by atoms with Crippen LogP contribution in [0.15, 0.2) is 11.6 Å². The number of aliphatic hydroxyl groups excluding tert-OH is 1. The van der Waals surface area contributed by atoms with Crippen molar-refractivity contribution in [1.29, 1.82) is 0 Å². The van der Waals surface area contributed by atoms with Gasteiger partial charge in [-0.05, 0) is 18.8 Å². The number of carbonyl (C=O) groups is 2. The second-order valence-electron chi connectivity index (χ2n) is 4.08. The summed E-state index contributed by atoms with van der Waals surface area (Å²) in [5, 5.41) is 8.47. The highest BCUT2D eigenvalue weighted by molar-refractivity contribution is 5.95. The van der Waals surface area contributed by atoms with Crippen LogP contribution >= 0.6 is 0 Å². The van der Waals surface area contributed by atoms with Crippen LogP contribution in [0.3, 0.4) is 0 Å². The highest BCUT2D eigenvalue weighted by Gasteiger charge is 2.30. The summed E-state index contributed by atoms with van der Waals surface area (Å²) in [7, 11) is 0. The van der Waals surface area contributed by atoms with Crippen molar-refractivity contribution in [1.82, 2.24) is 0 Å². The zero-order valence-corrected chi connectivity index (χ0v) is 9.03. The molecular weight excluding hydrogens is 196 g/mol. The second kappa shape index (κ2) is 5.07. The Labute approximate surface area is 88.9 Å². The quantitative estimate of drug-likeness (QED) is 0.403. The minimum Gasteiger partial charge on any atom is -0.391 e. The third-order valence-electron chi connectivity index (χ3n) is 1.95. The van der Waals surface area contributed by atoms with E-state index in [-0.39, 0.29) is 6.42 Å². The van der Waals surface area contributed by atoms with Crippen LogP contribution in [-0.4, -0.2) is 23.1 Å². The SMILES string of the molecule is CC(C)C=C1CC1.O=C1CC(O)C(=O)O1. The number of hydrogen-bond donors (Lipinski definition) is 1. The molecule has 15 heavy (non-hydrogen) atoms. The van der Waals surface area contributed by atoms with E-state index in [9.17, 15) is 9.59 Å². The van der Waals surface area contributed by atoms with Gasteiger partial charge in [0, 0.05) is 0 Å². The molecule has 84 valence electrons. The molecule has 1 aliphatic heterocycles. The van der Waals surface area contributed by atoms with Gasteiger partial charge in [0.2, 0.25) is 0 Å². The lowest BCUT2D eigenvalue weighted by atomic mass is 10.2. The molecule has 0 bridgehead atoms. The Bertz CT molecular complexity index is 285. The molecule has 0 amide bonds. The van der Waals surface area contributed by atoms with Crippen molar-refractivity contribution in [3.8, 4) is 0 Å². The van der Waals surface area contributed by atoms with Gasteiger partial charge in [-0.3, -0.25) is 4.79 Å². The van der Waals surface area contributed by atoms with E-state index in [4.69, 9.17) is 5.11 Å². The summed E-state index contributed by atoms with van der Waals surface area (Å²) in [6.45, 7) is 4.46. The second-order valence-corrected chi connectivity index (χ2v) is 4.08. The summed E-state index contributed by atoms with van der Waals surface area (Å²) < 4.78 is 3.95. The molecule has 0 spiro atoms.